The average molecular weight is 217 g/mol. The van der Waals surface area contributed by atoms with Crippen LogP contribution in [0.1, 0.15) is 25.3 Å². The summed E-state index contributed by atoms with van der Waals surface area (Å²) in [6, 6.07) is 2.85. The topological polar surface area (TPSA) is 0 Å². The molecular weight excluding hydrogens is 207 g/mol. The Labute approximate surface area is 85.4 Å². The van der Waals surface area contributed by atoms with Crippen LogP contribution < -0.4 is 5.46 Å². The van der Waals surface area contributed by atoms with Gasteiger partial charge in [0.25, 0.3) is 0 Å². The molecule has 5 heteroatoms. The normalized spacial score (nSPS) is 19.0. The van der Waals surface area contributed by atoms with Gasteiger partial charge in [0.15, 0.2) is 0 Å². The minimum atomic E-state index is -5.10. The van der Waals surface area contributed by atoms with E-state index in [1.54, 1.807) is 0 Å². The van der Waals surface area contributed by atoms with Crippen LogP contribution in [0.25, 0.3) is 0 Å². The zero-order valence-corrected chi connectivity index (χ0v) is 8.24. The molecule has 15 heavy (non-hydrogen) atoms. The lowest BCUT2D eigenvalue weighted by Gasteiger charge is -2.17. The van der Waals surface area contributed by atoms with Crippen LogP contribution in [0.2, 0.25) is 0 Å². The molecule has 0 aromatic heterocycles. The van der Waals surface area contributed by atoms with E-state index in [9.17, 15) is 17.3 Å². The largest absolute Gasteiger partial charge is 0.509 e. The molecule has 0 heterocycles. The van der Waals surface area contributed by atoms with E-state index in [2.05, 4.69) is 0 Å². The molecule has 0 N–H and O–H groups in total. The fourth-order valence-electron chi connectivity index (χ4n) is 1.68. The molecular formula is C10H10BF4-. The molecule has 1 saturated carbocycles. The first-order valence-electron chi connectivity index (χ1n) is 4.83. The van der Waals surface area contributed by atoms with Crippen LogP contribution in [-0.2, 0) is 5.41 Å². The Hall–Kier alpha value is -0.995. The molecule has 0 unspecified atom stereocenters. The van der Waals surface area contributed by atoms with Crippen molar-refractivity contribution in [3.63, 3.8) is 0 Å². The standard InChI is InChI=1S/C10H10BF4/c1-10(4-5-10)8-3-2-7(6-9(8)12)11(13,14)15/h2-3,6H,4-5H2,1H3/q-1. The van der Waals surface area contributed by atoms with Gasteiger partial charge in [-0.2, -0.15) is 0 Å². The minimum absolute atomic E-state index is 0.235. The molecule has 1 aromatic carbocycles. The first-order chi connectivity index (χ1) is 6.83. The lowest BCUT2D eigenvalue weighted by Crippen LogP contribution is -2.34. The van der Waals surface area contributed by atoms with Crippen LogP contribution in [0.4, 0.5) is 17.3 Å². The fraction of sp³-hybridized carbons (Fsp3) is 0.400. The van der Waals surface area contributed by atoms with E-state index in [0.29, 0.717) is 11.6 Å². The van der Waals surface area contributed by atoms with E-state index in [1.165, 1.54) is 6.07 Å². The van der Waals surface area contributed by atoms with E-state index in [1.807, 2.05) is 6.92 Å². The second-order valence-electron chi connectivity index (χ2n) is 4.37. The van der Waals surface area contributed by atoms with Crippen molar-refractivity contribution in [1.29, 1.82) is 0 Å². The monoisotopic (exact) mass is 217 g/mol. The summed E-state index contributed by atoms with van der Waals surface area (Å²) >= 11 is 0. The Morgan fingerprint density at radius 3 is 2.20 bits per heavy atom. The van der Waals surface area contributed by atoms with E-state index in [4.69, 9.17) is 0 Å². The zero-order chi connectivity index (χ0) is 11.3. The Morgan fingerprint density at radius 1 is 1.20 bits per heavy atom. The van der Waals surface area contributed by atoms with Gasteiger partial charge in [0.05, 0.1) is 0 Å². The van der Waals surface area contributed by atoms with Crippen LogP contribution in [0.5, 0.6) is 0 Å². The molecule has 0 atom stereocenters. The van der Waals surface area contributed by atoms with Gasteiger partial charge in [-0.15, -0.1) is 5.46 Å². The third-order valence-corrected chi connectivity index (χ3v) is 3.02. The lowest BCUT2D eigenvalue weighted by atomic mass is 9.79. The van der Waals surface area contributed by atoms with Gasteiger partial charge in [0, 0.05) is 0 Å². The molecule has 0 aliphatic heterocycles. The second-order valence-corrected chi connectivity index (χ2v) is 4.37. The first kappa shape index (κ1) is 10.5. The summed E-state index contributed by atoms with van der Waals surface area (Å²) in [5.74, 6) is -0.730. The van der Waals surface area contributed by atoms with Crippen molar-refractivity contribution in [2.45, 2.75) is 25.2 Å². The average Bonchev–Trinajstić information content (AvgIpc) is 2.82. The SMILES string of the molecule is CC1(c2ccc([B-](F)(F)F)cc2F)CC1. The van der Waals surface area contributed by atoms with Crippen LogP contribution in [0.3, 0.4) is 0 Å². The maximum atomic E-state index is 13.4. The van der Waals surface area contributed by atoms with Crippen LogP contribution in [0.15, 0.2) is 18.2 Å². The summed E-state index contributed by atoms with van der Waals surface area (Å²) in [4.78, 5) is 0. The van der Waals surface area contributed by atoms with Crippen molar-refractivity contribution in [3.05, 3.63) is 29.6 Å². The highest BCUT2D eigenvalue weighted by molar-refractivity contribution is 6.73. The number of halogens is 4. The third-order valence-electron chi connectivity index (χ3n) is 3.02. The van der Waals surface area contributed by atoms with E-state index < -0.39 is 18.3 Å². The molecule has 0 nitrogen and oxygen atoms in total. The summed E-state index contributed by atoms with van der Waals surface area (Å²) in [6.07, 6.45) is 1.70. The van der Waals surface area contributed by atoms with Crippen molar-refractivity contribution < 1.29 is 17.3 Å². The molecule has 1 fully saturated rings. The molecule has 82 valence electrons. The number of rotatable bonds is 2. The summed E-state index contributed by atoms with van der Waals surface area (Å²) < 4.78 is 50.3. The van der Waals surface area contributed by atoms with Crippen molar-refractivity contribution in [2.75, 3.05) is 0 Å². The van der Waals surface area contributed by atoms with Gasteiger partial charge in [0.1, 0.15) is 5.82 Å². The predicted octanol–water partition coefficient (Wildman–Crippen LogP) is 2.93. The summed E-state index contributed by atoms with van der Waals surface area (Å²) in [5, 5.41) is 0. The maximum absolute atomic E-state index is 13.4. The fourth-order valence-corrected chi connectivity index (χ4v) is 1.68. The molecule has 2 rings (SSSR count). The van der Waals surface area contributed by atoms with E-state index in [-0.39, 0.29) is 5.41 Å². The molecule has 1 aromatic rings. The molecule has 0 radical (unpaired) electrons. The number of hydrogen-bond acceptors (Lipinski definition) is 0. The van der Waals surface area contributed by atoms with Gasteiger partial charge in [-0.3, -0.25) is 0 Å². The van der Waals surface area contributed by atoms with Gasteiger partial charge in [0.2, 0.25) is 0 Å². The maximum Gasteiger partial charge on any atom is 0.509 e. The van der Waals surface area contributed by atoms with E-state index >= 15 is 0 Å². The minimum Gasteiger partial charge on any atom is -0.445 e. The van der Waals surface area contributed by atoms with Crippen molar-refractivity contribution in [2.24, 2.45) is 0 Å². The predicted molar refractivity (Wildman–Crippen MR) is 51.7 cm³/mol. The van der Waals surface area contributed by atoms with Crippen LogP contribution >= 0.6 is 0 Å². The Balaban J connectivity index is 2.40. The lowest BCUT2D eigenvalue weighted by molar-refractivity contribution is 0.499. The van der Waals surface area contributed by atoms with Gasteiger partial charge < -0.3 is 12.9 Å². The molecule has 1 aliphatic rings. The Kier molecular flexibility index (Phi) is 2.10. The van der Waals surface area contributed by atoms with Gasteiger partial charge in [-0.1, -0.05) is 25.1 Å². The first-order valence-corrected chi connectivity index (χ1v) is 4.83. The van der Waals surface area contributed by atoms with Gasteiger partial charge in [-0.05, 0) is 23.8 Å². The quantitative estimate of drug-likeness (QED) is 0.527. The molecule has 1 aliphatic carbocycles. The second kappa shape index (κ2) is 3.00. The van der Waals surface area contributed by atoms with Gasteiger partial charge in [-0.25, -0.2) is 4.39 Å². The van der Waals surface area contributed by atoms with Crippen LogP contribution in [-0.4, -0.2) is 6.98 Å². The van der Waals surface area contributed by atoms with Crippen molar-refractivity contribution in [3.8, 4) is 0 Å². The number of benzene rings is 1. The Bertz CT molecular complexity index is 393. The number of hydrogen-bond donors (Lipinski definition) is 0. The molecule has 0 amide bonds. The smallest absolute Gasteiger partial charge is 0.445 e. The summed E-state index contributed by atoms with van der Waals surface area (Å²) in [7, 11) is 0. The van der Waals surface area contributed by atoms with Gasteiger partial charge >= 0.3 is 6.98 Å². The zero-order valence-electron chi connectivity index (χ0n) is 8.24. The summed E-state index contributed by atoms with van der Waals surface area (Å²) in [6.45, 7) is -3.23. The highest BCUT2D eigenvalue weighted by Gasteiger charge is 2.41. The highest BCUT2D eigenvalue weighted by atomic mass is 19.4. The van der Waals surface area contributed by atoms with Crippen LogP contribution in [0, 0.1) is 5.82 Å². The van der Waals surface area contributed by atoms with Crippen molar-refractivity contribution in [1.82, 2.24) is 0 Å². The van der Waals surface area contributed by atoms with E-state index in [0.717, 1.165) is 18.9 Å². The van der Waals surface area contributed by atoms with Crippen molar-refractivity contribution >= 4 is 12.4 Å². The third kappa shape index (κ3) is 1.87. The Morgan fingerprint density at radius 2 is 1.80 bits per heavy atom. The molecule has 0 spiro atoms. The molecule has 0 saturated heterocycles. The molecule has 0 bridgehead atoms. The summed E-state index contributed by atoms with van der Waals surface area (Å²) in [5.41, 5.74) is -0.687. The highest BCUT2D eigenvalue weighted by Crippen LogP contribution is 2.48.